The number of rotatable bonds is 9. The average molecular weight is 599 g/mol. The Kier molecular flexibility index (Phi) is 13.2. The van der Waals surface area contributed by atoms with Gasteiger partial charge in [0.25, 0.3) is 0 Å². The number of carboxylic acids is 1. The largest absolute Gasteiger partial charge is 0.480 e. The van der Waals surface area contributed by atoms with Gasteiger partial charge in [-0.25, -0.2) is 19.2 Å². The summed E-state index contributed by atoms with van der Waals surface area (Å²) in [6.07, 6.45) is 5.33. The number of alkyl halides is 3. The quantitative estimate of drug-likeness (QED) is 0.316. The van der Waals surface area contributed by atoms with E-state index in [-0.39, 0.29) is 23.3 Å². The van der Waals surface area contributed by atoms with Gasteiger partial charge < -0.3 is 20.6 Å². The molecule has 2 aliphatic rings. The molecule has 2 heterocycles. The van der Waals surface area contributed by atoms with Crippen molar-refractivity contribution >= 4 is 29.2 Å². The van der Waals surface area contributed by atoms with Gasteiger partial charge in [0.05, 0.1) is 16.3 Å². The van der Waals surface area contributed by atoms with Crippen LogP contribution in [0.3, 0.4) is 0 Å². The van der Waals surface area contributed by atoms with Crippen LogP contribution in [0.2, 0.25) is 0 Å². The third-order valence-corrected chi connectivity index (χ3v) is 6.30. The lowest BCUT2D eigenvalue weighted by atomic mass is 10.1. The van der Waals surface area contributed by atoms with E-state index in [0.29, 0.717) is 12.1 Å². The number of aliphatic imine (C=N–C) groups is 2. The Balaban J connectivity index is 0.000000493. The van der Waals surface area contributed by atoms with Crippen molar-refractivity contribution in [2.24, 2.45) is 15.9 Å². The smallest absolute Gasteiger partial charge is 0.417 e. The van der Waals surface area contributed by atoms with Crippen LogP contribution >= 0.6 is 11.6 Å². The van der Waals surface area contributed by atoms with Gasteiger partial charge in [0.2, 0.25) is 5.96 Å². The van der Waals surface area contributed by atoms with Crippen LogP contribution in [0.25, 0.3) is 0 Å². The number of nitrogens with zero attached hydrogens (tertiary/aromatic N) is 4. The number of guanidine groups is 1. The zero-order chi connectivity index (χ0) is 30.6. The van der Waals surface area contributed by atoms with Crippen molar-refractivity contribution in [2.45, 2.75) is 45.8 Å². The van der Waals surface area contributed by atoms with Crippen molar-refractivity contribution in [1.82, 2.24) is 20.5 Å². The van der Waals surface area contributed by atoms with E-state index in [1.807, 2.05) is 26.1 Å². The molecule has 8 nitrogen and oxygen atoms in total. The molecule has 1 aliphatic heterocycles. The second-order valence-electron chi connectivity index (χ2n) is 9.33. The molecule has 1 aliphatic carbocycles. The first-order valence-electron chi connectivity index (χ1n) is 13.0. The van der Waals surface area contributed by atoms with E-state index in [9.17, 15) is 27.5 Å². The molecule has 0 saturated carbocycles. The minimum atomic E-state index is -4.27. The molecule has 0 aromatic carbocycles. The Hall–Kier alpha value is -3.51. The molecular weight excluding hydrogens is 564 g/mol. The summed E-state index contributed by atoms with van der Waals surface area (Å²) in [5.74, 6) is -0.656. The highest BCUT2D eigenvalue weighted by Crippen LogP contribution is 2.28. The van der Waals surface area contributed by atoms with Crippen molar-refractivity contribution < 1.29 is 27.5 Å². The molecule has 1 aromatic rings. The van der Waals surface area contributed by atoms with Crippen molar-refractivity contribution in [3.8, 4) is 0 Å². The van der Waals surface area contributed by atoms with E-state index in [1.165, 1.54) is 18.3 Å². The van der Waals surface area contributed by atoms with Crippen LogP contribution in [-0.2, 0) is 11.0 Å². The van der Waals surface area contributed by atoms with Crippen molar-refractivity contribution in [2.75, 3.05) is 26.7 Å². The van der Waals surface area contributed by atoms with E-state index in [2.05, 4.69) is 30.5 Å². The van der Waals surface area contributed by atoms with Crippen LogP contribution in [0.4, 0.5) is 17.6 Å². The predicted octanol–water partition coefficient (Wildman–Crippen LogP) is 5.68. The molecule has 3 N–H and O–H groups in total. The first-order chi connectivity index (χ1) is 19.4. The molecule has 1 unspecified atom stereocenters. The number of hydrogen-bond acceptors (Lipinski definition) is 5. The highest BCUT2D eigenvalue weighted by molar-refractivity contribution is 6.30. The number of allylic oxidation sites excluding steroid dienone is 7. The van der Waals surface area contributed by atoms with Crippen LogP contribution in [-0.4, -0.2) is 65.4 Å². The number of carbonyl (C=O) groups is 1. The van der Waals surface area contributed by atoms with Crippen LogP contribution in [0.1, 0.15) is 39.2 Å². The minimum Gasteiger partial charge on any atom is -0.480 e. The van der Waals surface area contributed by atoms with Crippen molar-refractivity contribution in [3.05, 3.63) is 76.6 Å². The van der Waals surface area contributed by atoms with E-state index in [0.717, 1.165) is 43.3 Å². The Labute approximate surface area is 242 Å². The monoisotopic (exact) mass is 598 g/mol. The van der Waals surface area contributed by atoms with Gasteiger partial charge in [-0.15, -0.1) is 0 Å². The Morgan fingerprint density at radius 2 is 2.00 bits per heavy atom. The third-order valence-electron chi connectivity index (χ3n) is 5.96. The standard InChI is InChI=1S/C22H31ClFN5O2.C6H4F3N/c1-5-29(13-12-25-4)19-11-10-18(15-6-8-16(23)17(24)9-7-15)26-22(27-19)28-20(14(2)3)21(30)31;7-6(8,9)5-2-1-3-10-4-5/h6-7,9,11,14,20,25H,5,8,10,12-13H2,1-4H3,(H,27,28)(H,30,31);1-4H. The lowest BCUT2D eigenvalue weighted by Gasteiger charge is -2.26. The van der Waals surface area contributed by atoms with E-state index in [1.54, 1.807) is 19.9 Å². The summed E-state index contributed by atoms with van der Waals surface area (Å²) in [4.78, 5) is 26.2. The Bertz CT molecular complexity index is 1220. The zero-order valence-electron chi connectivity index (χ0n) is 23.3. The van der Waals surface area contributed by atoms with Gasteiger partial charge in [0.1, 0.15) is 11.6 Å². The minimum absolute atomic E-state index is 0.138. The van der Waals surface area contributed by atoms with E-state index < -0.39 is 29.6 Å². The second-order valence-corrected chi connectivity index (χ2v) is 9.79. The van der Waals surface area contributed by atoms with Crippen molar-refractivity contribution in [3.63, 3.8) is 0 Å². The van der Waals surface area contributed by atoms with Gasteiger partial charge in [0.15, 0.2) is 6.04 Å². The summed E-state index contributed by atoms with van der Waals surface area (Å²) in [5, 5.41) is 16.1. The van der Waals surface area contributed by atoms with Gasteiger partial charge in [-0.2, -0.15) is 13.2 Å². The number of aromatic nitrogens is 1. The molecule has 41 heavy (non-hydrogen) atoms. The van der Waals surface area contributed by atoms with Gasteiger partial charge in [-0.05, 0) is 49.7 Å². The Morgan fingerprint density at radius 3 is 2.54 bits per heavy atom. The number of nitrogens with one attached hydrogen (secondary N) is 2. The fourth-order valence-corrected chi connectivity index (χ4v) is 3.83. The van der Waals surface area contributed by atoms with Gasteiger partial charge in [-0.1, -0.05) is 37.6 Å². The summed E-state index contributed by atoms with van der Waals surface area (Å²) < 4.78 is 49.1. The van der Waals surface area contributed by atoms with Gasteiger partial charge in [0, 0.05) is 44.9 Å². The molecule has 224 valence electrons. The lowest BCUT2D eigenvalue weighted by molar-refractivity contribution is -0.139. The summed E-state index contributed by atoms with van der Waals surface area (Å²) >= 11 is 5.95. The highest BCUT2D eigenvalue weighted by atomic mass is 35.5. The molecule has 1 atom stereocenters. The van der Waals surface area contributed by atoms with Gasteiger partial charge in [-0.3, -0.25) is 4.98 Å². The SMILES string of the molecule is CCN(CCNC)C1=CCC(C2=CCC(Cl)=C(F)C=C2)=NC(=NC(C(=O)O)C(C)C)N1.FC(F)(F)c1cccnc1. The molecular formula is C28H35ClF4N6O2. The summed E-state index contributed by atoms with van der Waals surface area (Å²) in [6.45, 7) is 7.95. The van der Waals surface area contributed by atoms with Crippen LogP contribution in [0, 0.1) is 5.92 Å². The maximum absolute atomic E-state index is 13.9. The lowest BCUT2D eigenvalue weighted by Crippen LogP contribution is -2.38. The molecule has 0 bridgehead atoms. The molecule has 1 aromatic heterocycles. The highest BCUT2D eigenvalue weighted by Gasteiger charge is 2.30. The van der Waals surface area contributed by atoms with Crippen molar-refractivity contribution in [1.29, 1.82) is 0 Å². The summed E-state index contributed by atoms with van der Waals surface area (Å²) in [5.41, 5.74) is 0.678. The van der Waals surface area contributed by atoms with Crippen LogP contribution < -0.4 is 10.6 Å². The van der Waals surface area contributed by atoms with Gasteiger partial charge >= 0.3 is 12.1 Å². The maximum atomic E-state index is 13.9. The molecule has 0 saturated heterocycles. The first-order valence-corrected chi connectivity index (χ1v) is 13.4. The van der Waals surface area contributed by atoms with Crippen LogP contribution in [0.5, 0.6) is 0 Å². The third kappa shape index (κ3) is 10.8. The molecule has 3 rings (SSSR count). The molecule has 13 heteroatoms. The summed E-state index contributed by atoms with van der Waals surface area (Å²) in [7, 11) is 1.89. The fourth-order valence-electron chi connectivity index (χ4n) is 3.69. The molecule has 0 radical (unpaired) electrons. The fraction of sp³-hybridized carbons (Fsp3) is 0.429. The maximum Gasteiger partial charge on any atom is 0.417 e. The molecule has 0 amide bonds. The van der Waals surface area contributed by atoms with Crippen LogP contribution in [0.15, 0.2) is 81.1 Å². The molecule has 0 fully saturated rings. The number of likely N-dealkylation sites (N-methyl/N-ethyl adjacent to an activating group) is 2. The molecule has 0 spiro atoms. The normalized spacial score (nSPS) is 17.4. The zero-order valence-corrected chi connectivity index (χ0v) is 24.1. The average Bonchev–Trinajstić information content (AvgIpc) is 3.24. The number of hydrogen-bond donors (Lipinski definition) is 3. The summed E-state index contributed by atoms with van der Waals surface area (Å²) in [6, 6.07) is 1.29. The number of aliphatic carboxylic acids is 1. The number of carboxylic acid groups (broad SMARTS) is 1. The number of halogens is 5. The van der Waals surface area contributed by atoms with E-state index in [4.69, 9.17) is 11.6 Å². The predicted molar refractivity (Wildman–Crippen MR) is 153 cm³/mol. The second kappa shape index (κ2) is 16.1. The Morgan fingerprint density at radius 1 is 1.27 bits per heavy atom. The first kappa shape index (κ1) is 33.7. The number of pyridine rings is 1. The van der Waals surface area contributed by atoms with E-state index >= 15 is 0 Å². The topological polar surface area (TPSA) is 102 Å².